The van der Waals surface area contributed by atoms with Crippen LogP contribution < -0.4 is 20.7 Å². The molecule has 0 fully saturated rings. The third-order valence-corrected chi connectivity index (χ3v) is 4.33. The Bertz CT molecular complexity index is 787. The number of likely N-dealkylation sites (N-methyl/N-ethyl adjacent to an activating group) is 1. The number of hydrogen-bond acceptors (Lipinski definition) is 4. The number of aliphatic hydroxyl groups excluding tert-OH is 1. The summed E-state index contributed by atoms with van der Waals surface area (Å²) in [4.78, 5) is 15.8. The van der Waals surface area contributed by atoms with E-state index in [0.717, 1.165) is 11.1 Å². The van der Waals surface area contributed by atoms with E-state index in [1.807, 2.05) is 61.5 Å². The zero-order chi connectivity index (χ0) is 20.9. The quantitative estimate of drug-likeness (QED) is 0.217. The van der Waals surface area contributed by atoms with Crippen LogP contribution in [-0.2, 0) is 11.3 Å². The maximum absolute atomic E-state index is 11.5. The van der Waals surface area contributed by atoms with Crippen molar-refractivity contribution in [1.29, 1.82) is 0 Å². The van der Waals surface area contributed by atoms with Crippen LogP contribution >= 0.6 is 24.0 Å². The SMILES string of the molecule is CCNC(=O)COc1cccc(CNC(=NC)NCC(CO)c2ccccc2)c1.I. The standard InChI is InChI=1S/C22H30N4O3.HI/c1-3-24-21(28)16-29-20-11-7-8-17(12-20)13-25-22(23-2)26-14-19(15-27)18-9-5-4-6-10-18;/h4-12,19,27H,3,13-16H2,1-2H3,(H,24,28)(H2,23,25,26);1H. The number of amides is 1. The minimum Gasteiger partial charge on any atom is -0.484 e. The summed E-state index contributed by atoms with van der Waals surface area (Å²) in [7, 11) is 1.71. The molecular weight excluding hydrogens is 495 g/mol. The van der Waals surface area contributed by atoms with Crippen molar-refractivity contribution >= 4 is 35.8 Å². The second-order valence-corrected chi connectivity index (χ2v) is 6.49. The molecule has 2 aromatic carbocycles. The van der Waals surface area contributed by atoms with Gasteiger partial charge >= 0.3 is 0 Å². The summed E-state index contributed by atoms with van der Waals surface area (Å²) in [5.74, 6) is 1.13. The summed E-state index contributed by atoms with van der Waals surface area (Å²) < 4.78 is 5.52. The van der Waals surface area contributed by atoms with Crippen molar-refractivity contribution in [2.75, 3.05) is 33.4 Å². The van der Waals surface area contributed by atoms with Crippen molar-refractivity contribution < 1.29 is 14.6 Å². The van der Waals surface area contributed by atoms with E-state index < -0.39 is 0 Å². The third-order valence-electron chi connectivity index (χ3n) is 4.33. The second kappa shape index (κ2) is 14.6. The number of halogens is 1. The summed E-state index contributed by atoms with van der Waals surface area (Å²) in [6.07, 6.45) is 0. The van der Waals surface area contributed by atoms with Crippen molar-refractivity contribution in [3.8, 4) is 5.75 Å². The van der Waals surface area contributed by atoms with Gasteiger partial charge < -0.3 is 25.8 Å². The van der Waals surface area contributed by atoms with E-state index in [9.17, 15) is 9.90 Å². The summed E-state index contributed by atoms with van der Waals surface area (Å²) >= 11 is 0. The first-order valence-electron chi connectivity index (χ1n) is 9.75. The van der Waals surface area contributed by atoms with Gasteiger partial charge in [0.25, 0.3) is 5.91 Å². The molecule has 0 saturated heterocycles. The Morgan fingerprint density at radius 1 is 1.10 bits per heavy atom. The van der Waals surface area contributed by atoms with Crippen LogP contribution in [0.2, 0.25) is 0 Å². The van der Waals surface area contributed by atoms with E-state index in [1.165, 1.54) is 0 Å². The van der Waals surface area contributed by atoms with Crippen LogP contribution in [0.3, 0.4) is 0 Å². The maximum atomic E-state index is 11.5. The highest BCUT2D eigenvalue weighted by molar-refractivity contribution is 14.0. The molecule has 4 N–H and O–H groups in total. The first kappa shape index (κ1) is 25.7. The Balaban J connectivity index is 0.00000450. The molecule has 0 bridgehead atoms. The van der Waals surface area contributed by atoms with Crippen LogP contribution in [0.15, 0.2) is 59.6 Å². The summed E-state index contributed by atoms with van der Waals surface area (Å²) in [6.45, 7) is 3.62. The van der Waals surface area contributed by atoms with Crippen LogP contribution in [0.25, 0.3) is 0 Å². The topological polar surface area (TPSA) is 95.0 Å². The van der Waals surface area contributed by atoms with Crippen molar-refractivity contribution in [2.45, 2.75) is 19.4 Å². The second-order valence-electron chi connectivity index (χ2n) is 6.49. The number of nitrogens with zero attached hydrogens (tertiary/aromatic N) is 1. The Kier molecular flexibility index (Phi) is 12.5. The van der Waals surface area contributed by atoms with Gasteiger partial charge in [-0.3, -0.25) is 9.79 Å². The fourth-order valence-corrected chi connectivity index (χ4v) is 2.78. The van der Waals surface area contributed by atoms with Crippen molar-refractivity contribution in [3.05, 3.63) is 65.7 Å². The highest BCUT2D eigenvalue weighted by Crippen LogP contribution is 2.14. The zero-order valence-electron chi connectivity index (χ0n) is 17.4. The highest BCUT2D eigenvalue weighted by atomic mass is 127. The molecule has 0 radical (unpaired) electrons. The number of carbonyl (C=O) groups is 1. The summed E-state index contributed by atoms with van der Waals surface area (Å²) in [6, 6.07) is 17.5. The summed E-state index contributed by atoms with van der Waals surface area (Å²) in [5.41, 5.74) is 2.08. The van der Waals surface area contributed by atoms with E-state index in [2.05, 4.69) is 20.9 Å². The molecule has 1 atom stereocenters. The number of carbonyl (C=O) groups excluding carboxylic acids is 1. The van der Waals surface area contributed by atoms with E-state index >= 15 is 0 Å². The average Bonchev–Trinajstić information content (AvgIpc) is 2.76. The minimum absolute atomic E-state index is 0. The fourth-order valence-electron chi connectivity index (χ4n) is 2.78. The van der Waals surface area contributed by atoms with Gasteiger partial charge in [-0.05, 0) is 30.2 Å². The molecular formula is C22H31IN4O3. The van der Waals surface area contributed by atoms with Gasteiger partial charge in [0.05, 0.1) is 6.61 Å². The monoisotopic (exact) mass is 526 g/mol. The van der Waals surface area contributed by atoms with E-state index in [-0.39, 0.29) is 49.0 Å². The van der Waals surface area contributed by atoms with Gasteiger partial charge in [-0.15, -0.1) is 24.0 Å². The zero-order valence-corrected chi connectivity index (χ0v) is 19.8. The Labute approximate surface area is 195 Å². The van der Waals surface area contributed by atoms with E-state index in [1.54, 1.807) is 7.05 Å². The lowest BCUT2D eigenvalue weighted by Crippen LogP contribution is -2.39. The Hall–Kier alpha value is -2.33. The average molecular weight is 526 g/mol. The molecule has 0 aliphatic carbocycles. The number of ether oxygens (including phenoxy) is 1. The summed E-state index contributed by atoms with van der Waals surface area (Å²) in [5, 5.41) is 18.9. The van der Waals surface area contributed by atoms with Crippen LogP contribution in [0, 0.1) is 0 Å². The lowest BCUT2D eigenvalue weighted by Gasteiger charge is -2.18. The highest BCUT2D eigenvalue weighted by Gasteiger charge is 2.11. The molecule has 0 heterocycles. The number of benzene rings is 2. The number of aliphatic hydroxyl groups is 1. The maximum Gasteiger partial charge on any atom is 0.257 e. The van der Waals surface area contributed by atoms with Crippen LogP contribution in [0.5, 0.6) is 5.75 Å². The molecule has 0 aliphatic heterocycles. The predicted molar refractivity (Wildman–Crippen MR) is 131 cm³/mol. The first-order chi connectivity index (χ1) is 14.2. The molecule has 1 unspecified atom stereocenters. The molecule has 1 amide bonds. The molecule has 0 aliphatic rings. The van der Waals surface area contributed by atoms with Crippen LogP contribution in [0.1, 0.15) is 24.0 Å². The molecule has 7 nitrogen and oxygen atoms in total. The largest absolute Gasteiger partial charge is 0.484 e. The molecule has 8 heteroatoms. The van der Waals surface area contributed by atoms with Gasteiger partial charge in [-0.25, -0.2) is 0 Å². The Morgan fingerprint density at radius 3 is 2.53 bits per heavy atom. The number of guanidine groups is 1. The molecule has 164 valence electrons. The van der Waals surface area contributed by atoms with Gasteiger partial charge in [0.2, 0.25) is 0 Å². The smallest absolute Gasteiger partial charge is 0.257 e. The van der Waals surface area contributed by atoms with Gasteiger partial charge in [-0.1, -0.05) is 42.5 Å². The molecule has 0 saturated carbocycles. The predicted octanol–water partition coefficient (Wildman–Crippen LogP) is 2.26. The van der Waals surface area contributed by atoms with Crippen molar-refractivity contribution in [1.82, 2.24) is 16.0 Å². The van der Waals surface area contributed by atoms with Crippen molar-refractivity contribution in [2.24, 2.45) is 4.99 Å². The van der Waals surface area contributed by atoms with Crippen LogP contribution in [0.4, 0.5) is 0 Å². The van der Waals surface area contributed by atoms with E-state index in [4.69, 9.17) is 4.74 Å². The fraction of sp³-hybridized carbons (Fsp3) is 0.364. The molecule has 2 rings (SSSR count). The minimum atomic E-state index is -0.141. The normalized spacial score (nSPS) is 11.8. The lowest BCUT2D eigenvalue weighted by atomic mass is 10.0. The number of hydrogen-bond donors (Lipinski definition) is 4. The van der Waals surface area contributed by atoms with Gasteiger partial charge in [0.15, 0.2) is 12.6 Å². The lowest BCUT2D eigenvalue weighted by molar-refractivity contribution is -0.122. The Morgan fingerprint density at radius 2 is 1.87 bits per heavy atom. The van der Waals surface area contributed by atoms with Gasteiger partial charge in [-0.2, -0.15) is 0 Å². The van der Waals surface area contributed by atoms with Crippen molar-refractivity contribution in [3.63, 3.8) is 0 Å². The number of rotatable bonds is 10. The molecule has 0 spiro atoms. The number of aliphatic imine (C=N–C) groups is 1. The van der Waals surface area contributed by atoms with Crippen LogP contribution in [-0.4, -0.2) is 50.3 Å². The molecule has 0 aromatic heterocycles. The van der Waals surface area contributed by atoms with E-state index in [0.29, 0.717) is 31.3 Å². The number of nitrogens with one attached hydrogen (secondary N) is 3. The molecule has 2 aromatic rings. The first-order valence-corrected chi connectivity index (χ1v) is 9.75. The molecule has 30 heavy (non-hydrogen) atoms. The third kappa shape index (κ3) is 9.00. The van der Waals surface area contributed by atoms with Gasteiger partial charge in [0.1, 0.15) is 5.75 Å². The van der Waals surface area contributed by atoms with Gasteiger partial charge in [0, 0.05) is 32.6 Å².